The van der Waals surface area contributed by atoms with Gasteiger partial charge in [0.05, 0.1) is 5.69 Å². The maximum Gasteiger partial charge on any atom is 0.276 e. The number of benzene rings is 1. The Morgan fingerprint density at radius 3 is 2.75 bits per heavy atom. The van der Waals surface area contributed by atoms with E-state index in [1.807, 2.05) is 53.4 Å². The van der Waals surface area contributed by atoms with Gasteiger partial charge in [-0.1, -0.05) is 25.5 Å². The van der Waals surface area contributed by atoms with Crippen molar-refractivity contribution in [2.75, 3.05) is 5.32 Å². The smallest absolute Gasteiger partial charge is 0.276 e. The summed E-state index contributed by atoms with van der Waals surface area (Å²) in [5.74, 6) is -0.347. The summed E-state index contributed by atoms with van der Waals surface area (Å²) in [6, 6.07) is 10.3. The first-order valence-corrected chi connectivity index (χ1v) is 9.94. The minimum atomic E-state index is -0.347. The number of imidazole rings is 1. The highest BCUT2D eigenvalue weighted by molar-refractivity contribution is 7.15. The van der Waals surface area contributed by atoms with Gasteiger partial charge in [0.25, 0.3) is 11.5 Å². The van der Waals surface area contributed by atoms with Crippen molar-refractivity contribution >= 4 is 27.9 Å². The van der Waals surface area contributed by atoms with Crippen LogP contribution in [-0.2, 0) is 6.54 Å². The Balaban J connectivity index is 1.49. The first-order valence-electron chi connectivity index (χ1n) is 9.06. The number of hydrogen-bond acceptors (Lipinski definition) is 5. The van der Waals surface area contributed by atoms with E-state index < -0.39 is 0 Å². The predicted octanol–water partition coefficient (Wildman–Crippen LogP) is 3.67. The van der Waals surface area contributed by atoms with Gasteiger partial charge < -0.3 is 5.32 Å². The van der Waals surface area contributed by atoms with Crippen molar-refractivity contribution in [1.82, 2.24) is 19.2 Å². The molecule has 0 saturated heterocycles. The van der Waals surface area contributed by atoms with Crippen LogP contribution in [0.2, 0.25) is 0 Å². The van der Waals surface area contributed by atoms with Gasteiger partial charge in [0.1, 0.15) is 5.69 Å². The number of rotatable bonds is 6. The number of fused-ring (bicyclic) bond motifs is 1. The molecule has 1 N–H and O–H groups in total. The van der Waals surface area contributed by atoms with Crippen molar-refractivity contribution in [2.24, 2.45) is 0 Å². The number of aromatic nitrogens is 4. The molecule has 1 aromatic carbocycles. The number of anilines is 1. The molecule has 1 amide bonds. The number of hydrogen-bond donors (Lipinski definition) is 1. The fraction of sp³-hybridized carbons (Fsp3) is 0.200. The van der Waals surface area contributed by atoms with Crippen molar-refractivity contribution in [3.8, 4) is 11.3 Å². The molecule has 142 valence electrons. The molecular formula is C20H19N5O2S. The third-order valence-corrected chi connectivity index (χ3v) is 5.13. The van der Waals surface area contributed by atoms with Gasteiger partial charge in [-0.05, 0) is 24.6 Å². The van der Waals surface area contributed by atoms with Crippen LogP contribution in [0.1, 0.15) is 30.3 Å². The number of carbonyl (C=O) groups excluding carboxylic acids is 1. The van der Waals surface area contributed by atoms with Gasteiger partial charge >= 0.3 is 0 Å². The molecule has 0 spiro atoms. The molecule has 7 nitrogen and oxygen atoms in total. The molecule has 0 aliphatic carbocycles. The Labute approximate surface area is 165 Å². The molecular weight excluding hydrogens is 374 g/mol. The lowest BCUT2D eigenvalue weighted by atomic mass is 10.1. The van der Waals surface area contributed by atoms with Crippen LogP contribution in [0.5, 0.6) is 0 Å². The van der Waals surface area contributed by atoms with E-state index >= 15 is 0 Å². The zero-order chi connectivity index (χ0) is 19.5. The summed E-state index contributed by atoms with van der Waals surface area (Å²) in [7, 11) is 0. The highest BCUT2D eigenvalue weighted by atomic mass is 32.1. The van der Waals surface area contributed by atoms with E-state index in [4.69, 9.17) is 0 Å². The molecule has 8 heteroatoms. The van der Waals surface area contributed by atoms with Gasteiger partial charge in [0, 0.05) is 41.6 Å². The number of aryl methyl sites for hydroxylation is 1. The Morgan fingerprint density at radius 2 is 2.00 bits per heavy atom. The molecule has 3 aromatic heterocycles. The first kappa shape index (κ1) is 18.1. The van der Waals surface area contributed by atoms with Crippen LogP contribution < -0.4 is 10.9 Å². The van der Waals surface area contributed by atoms with E-state index in [2.05, 4.69) is 15.4 Å². The van der Waals surface area contributed by atoms with Crippen LogP contribution in [0.25, 0.3) is 16.2 Å². The molecule has 0 aliphatic heterocycles. The number of unbranched alkanes of at least 4 members (excludes halogenated alkanes) is 1. The first-order chi connectivity index (χ1) is 13.6. The normalized spacial score (nSPS) is 11.0. The third-order valence-electron chi connectivity index (χ3n) is 4.35. The molecule has 0 aliphatic rings. The molecule has 0 fully saturated rings. The lowest BCUT2D eigenvalue weighted by Crippen LogP contribution is -2.26. The molecule has 28 heavy (non-hydrogen) atoms. The molecule has 0 radical (unpaired) electrons. The Kier molecular flexibility index (Phi) is 5.03. The lowest BCUT2D eigenvalue weighted by Gasteiger charge is -2.08. The number of amides is 1. The van der Waals surface area contributed by atoms with Crippen molar-refractivity contribution in [2.45, 2.75) is 26.3 Å². The molecule has 3 heterocycles. The quantitative estimate of drug-likeness (QED) is 0.542. The van der Waals surface area contributed by atoms with E-state index in [-0.39, 0.29) is 17.2 Å². The maximum atomic E-state index is 12.5. The zero-order valence-electron chi connectivity index (χ0n) is 15.3. The van der Waals surface area contributed by atoms with Crippen molar-refractivity contribution in [1.29, 1.82) is 0 Å². The predicted molar refractivity (Wildman–Crippen MR) is 110 cm³/mol. The van der Waals surface area contributed by atoms with E-state index in [9.17, 15) is 9.59 Å². The van der Waals surface area contributed by atoms with Gasteiger partial charge in [-0.15, -0.1) is 11.3 Å². The summed E-state index contributed by atoms with van der Waals surface area (Å²) in [4.78, 5) is 29.8. The third kappa shape index (κ3) is 3.72. The summed E-state index contributed by atoms with van der Waals surface area (Å²) in [6.07, 6.45) is 5.73. The molecule has 4 rings (SSSR count). The SMILES string of the molecule is CCCCn1nc(C(=O)Nc2ccc(-c3cn4ccsc4n3)cc2)ccc1=O. The number of thiazole rings is 1. The highest BCUT2D eigenvalue weighted by Crippen LogP contribution is 2.23. The van der Waals surface area contributed by atoms with Crippen LogP contribution in [0.3, 0.4) is 0 Å². The average Bonchev–Trinajstić information content (AvgIpc) is 3.30. The highest BCUT2D eigenvalue weighted by Gasteiger charge is 2.11. The standard InChI is InChI=1S/C20H19N5O2S/c1-2-3-10-25-18(26)9-8-16(23-25)19(27)21-15-6-4-14(5-7-15)17-13-24-11-12-28-20(24)22-17/h4-9,11-13H,2-3,10H2,1H3,(H,21,27). The Morgan fingerprint density at radius 1 is 1.18 bits per heavy atom. The zero-order valence-corrected chi connectivity index (χ0v) is 16.1. The number of nitrogens with zero attached hydrogens (tertiary/aromatic N) is 4. The van der Waals surface area contributed by atoms with E-state index in [1.165, 1.54) is 16.8 Å². The van der Waals surface area contributed by atoms with Crippen molar-refractivity contribution in [3.63, 3.8) is 0 Å². The summed E-state index contributed by atoms with van der Waals surface area (Å²) >= 11 is 1.58. The van der Waals surface area contributed by atoms with E-state index in [0.717, 1.165) is 29.1 Å². The fourth-order valence-corrected chi connectivity index (χ4v) is 3.52. The van der Waals surface area contributed by atoms with Crippen LogP contribution in [0.15, 0.2) is 59.0 Å². The topological polar surface area (TPSA) is 81.3 Å². The van der Waals surface area contributed by atoms with Crippen LogP contribution in [0.4, 0.5) is 5.69 Å². The van der Waals surface area contributed by atoms with Gasteiger partial charge in [0.2, 0.25) is 0 Å². The summed E-state index contributed by atoms with van der Waals surface area (Å²) < 4.78 is 3.32. The molecule has 0 atom stereocenters. The number of carbonyl (C=O) groups is 1. The van der Waals surface area contributed by atoms with Crippen LogP contribution in [0, 0.1) is 0 Å². The largest absolute Gasteiger partial charge is 0.321 e. The molecule has 0 saturated carbocycles. The second-order valence-corrected chi connectivity index (χ2v) is 7.26. The van der Waals surface area contributed by atoms with Crippen LogP contribution >= 0.6 is 11.3 Å². The molecule has 0 unspecified atom stereocenters. The summed E-state index contributed by atoms with van der Waals surface area (Å²) in [5, 5.41) is 8.98. The van der Waals surface area contributed by atoms with Gasteiger partial charge in [-0.2, -0.15) is 5.10 Å². The minimum Gasteiger partial charge on any atom is -0.321 e. The van der Waals surface area contributed by atoms with Crippen molar-refractivity contribution < 1.29 is 4.79 Å². The Hall–Kier alpha value is -3.26. The van der Waals surface area contributed by atoms with Gasteiger partial charge in [0.15, 0.2) is 4.96 Å². The fourth-order valence-electron chi connectivity index (χ4n) is 2.82. The van der Waals surface area contributed by atoms with E-state index in [1.54, 1.807) is 11.3 Å². The van der Waals surface area contributed by atoms with Crippen molar-refractivity contribution in [3.05, 3.63) is 70.2 Å². The summed E-state index contributed by atoms with van der Waals surface area (Å²) in [5.41, 5.74) is 2.53. The van der Waals surface area contributed by atoms with Gasteiger partial charge in [-0.25, -0.2) is 9.67 Å². The van der Waals surface area contributed by atoms with Crippen LogP contribution in [-0.4, -0.2) is 25.1 Å². The molecule has 0 bridgehead atoms. The van der Waals surface area contributed by atoms with Gasteiger partial charge in [-0.3, -0.25) is 14.0 Å². The summed E-state index contributed by atoms with van der Waals surface area (Å²) in [6.45, 7) is 2.55. The monoisotopic (exact) mass is 393 g/mol. The lowest BCUT2D eigenvalue weighted by molar-refractivity contribution is 0.101. The number of nitrogens with one attached hydrogen (secondary N) is 1. The second-order valence-electron chi connectivity index (χ2n) is 6.38. The molecule has 4 aromatic rings. The Bertz CT molecular complexity index is 1140. The average molecular weight is 393 g/mol. The second kappa shape index (κ2) is 7.77. The minimum absolute atomic E-state index is 0.200. The van der Waals surface area contributed by atoms with E-state index in [0.29, 0.717) is 12.2 Å². The maximum absolute atomic E-state index is 12.5.